The second kappa shape index (κ2) is 6.55. The van der Waals surface area contributed by atoms with Crippen molar-refractivity contribution < 1.29 is 4.74 Å². The van der Waals surface area contributed by atoms with Crippen LogP contribution in [0.5, 0.6) is 5.88 Å². The predicted octanol–water partition coefficient (Wildman–Crippen LogP) is 3.31. The van der Waals surface area contributed by atoms with Gasteiger partial charge in [-0.25, -0.2) is 9.97 Å². The molecule has 1 aliphatic heterocycles. The molecule has 5 heteroatoms. The lowest BCUT2D eigenvalue weighted by atomic mass is 10.0. The lowest BCUT2D eigenvalue weighted by molar-refractivity contribution is 0.165. The monoisotopic (exact) mass is 326 g/mol. The molecule has 0 spiro atoms. The predicted molar refractivity (Wildman–Crippen MR) is 93.3 cm³/mol. The molecular formula is C19H26N4O. The third-order valence-electron chi connectivity index (χ3n) is 5.17. The largest absolute Gasteiger partial charge is 0.481 e. The zero-order valence-electron chi connectivity index (χ0n) is 14.6. The number of methoxy groups -OCH3 is 1. The van der Waals surface area contributed by atoms with E-state index in [1.165, 1.54) is 37.2 Å². The van der Waals surface area contributed by atoms with Gasteiger partial charge in [0.1, 0.15) is 5.82 Å². The molecule has 1 aliphatic carbocycles. The highest BCUT2D eigenvalue weighted by atomic mass is 16.5. The molecule has 2 aliphatic rings. The summed E-state index contributed by atoms with van der Waals surface area (Å²) >= 11 is 0. The molecule has 0 aromatic carbocycles. The first-order valence-electron chi connectivity index (χ1n) is 9.00. The minimum absolute atomic E-state index is 0.544. The number of piperidine rings is 1. The Bertz CT molecular complexity index is 707. The van der Waals surface area contributed by atoms with E-state index in [2.05, 4.69) is 33.6 Å². The highest BCUT2D eigenvalue weighted by molar-refractivity contribution is 5.16. The number of pyridine rings is 1. The van der Waals surface area contributed by atoms with Crippen LogP contribution in [0.4, 0.5) is 0 Å². The second-order valence-electron chi connectivity index (χ2n) is 7.10. The van der Waals surface area contributed by atoms with E-state index < -0.39 is 0 Å². The van der Waals surface area contributed by atoms with Crippen molar-refractivity contribution in [3.8, 4) is 5.88 Å². The third-order valence-corrected chi connectivity index (χ3v) is 5.17. The van der Waals surface area contributed by atoms with Gasteiger partial charge >= 0.3 is 0 Å². The van der Waals surface area contributed by atoms with Gasteiger partial charge in [0.2, 0.25) is 5.88 Å². The smallest absolute Gasteiger partial charge is 0.213 e. The number of ether oxygens (including phenoxy) is 1. The van der Waals surface area contributed by atoms with Crippen molar-refractivity contribution in [1.82, 2.24) is 19.4 Å². The number of hydrogen-bond acceptors (Lipinski definition) is 4. The Morgan fingerprint density at radius 3 is 2.92 bits per heavy atom. The summed E-state index contributed by atoms with van der Waals surface area (Å²) < 4.78 is 7.76. The van der Waals surface area contributed by atoms with Crippen molar-refractivity contribution in [1.29, 1.82) is 0 Å². The van der Waals surface area contributed by atoms with Gasteiger partial charge in [-0.2, -0.15) is 0 Å². The SMILES string of the molecule is COc1cccc(CN2CCCC(n3c(C)cnc3C3CC3)C2)n1. The standard InChI is InChI=1S/C19H26N4O/c1-14-11-20-19(15-8-9-15)23(14)17-6-4-10-22(13-17)12-16-5-3-7-18(21-16)24-2/h3,5,7,11,15,17H,4,6,8-10,12-13H2,1-2H3. The first-order valence-corrected chi connectivity index (χ1v) is 9.00. The van der Waals surface area contributed by atoms with Crippen LogP contribution in [0.15, 0.2) is 24.4 Å². The molecule has 2 aromatic heterocycles. The van der Waals surface area contributed by atoms with Gasteiger partial charge in [0.15, 0.2) is 0 Å². The zero-order chi connectivity index (χ0) is 16.5. The van der Waals surface area contributed by atoms with Crippen LogP contribution in [0.25, 0.3) is 0 Å². The third kappa shape index (κ3) is 3.18. The summed E-state index contributed by atoms with van der Waals surface area (Å²) in [5.41, 5.74) is 2.39. The molecule has 1 atom stereocenters. The van der Waals surface area contributed by atoms with Gasteiger partial charge in [-0.15, -0.1) is 0 Å². The van der Waals surface area contributed by atoms with E-state index in [1.54, 1.807) is 7.11 Å². The Morgan fingerprint density at radius 1 is 1.25 bits per heavy atom. The summed E-state index contributed by atoms with van der Waals surface area (Å²) in [5.74, 6) is 2.72. The molecule has 4 rings (SSSR count). The van der Waals surface area contributed by atoms with Gasteiger partial charge < -0.3 is 9.30 Å². The highest BCUT2D eigenvalue weighted by Gasteiger charge is 2.32. The molecule has 0 amide bonds. The molecular weight excluding hydrogens is 300 g/mol. The lowest BCUT2D eigenvalue weighted by Crippen LogP contribution is -2.37. The van der Waals surface area contributed by atoms with E-state index in [0.29, 0.717) is 17.8 Å². The van der Waals surface area contributed by atoms with E-state index in [0.717, 1.165) is 25.3 Å². The lowest BCUT2D eigenvalue weighted by Gasteiger charge is -2.34. The number of hydrogen-bond donors (Lipinski definition) is 0. The number of aryl methyl sites for hydroxylation is 1. The summed E-state index contributed by atoms with van der Waals surface area (Å²) in [6, 6.07) is 6.56. The Morgan fingerprint density at radius 2 is 2.12 bits per heavy atom. The highest BCUT2D eigenvalue weighted by Crippen LogP contribution is 2.41. The van der Waals surface area contributed by atoms with Gasteiger partial charge in [-0.1, -0.05) is 6.07 Å². The number of likely N-dealkylation sites (tertiary alicyclic amines) is 1. The normalized spacial score (nSPS) is 21.8. The second-order valence-corrected chi connectivity index (χ2v) is 7.10. The van der Waals surface area contributed by atoms with Gasteiger partial charge in [0, 0.05) is 43.0 Å². The molecule has 5 nitrogen and oxygen atoms in total. The van der Waals surface area contributed by atoms with Gasteiger partial charge in [0.25, 0.3) is 0 Å². The summed E-state index contributed by atoms with van der Waals surface area (Å²) in [6.45, 7) is 5.30. The molecule has 24 heavy (non-hydrogen) atoms. The van der Waals surface area contributed by atoms with E-state index in [9.17, 15) is 0 Å². The van der Waals surface area contributed by atoms with Crippen molar-refractivity contribution >= 4 is 0 Å². The minimum atomic E-state index is 0.544. The van der Waals surface area contributed by atoms with E-state index in [4.69, 9.17) is 9.72 Å². The van der Waals surface area contributed by atoms with Crippen LogP contribution >= 0.6 is 0 Å². The fourth-order valence-electron chi connectivity index (χ4n) is 3.86. The van der Waals surface area contributed by atoms with Crippen LogP contribution in [-0.4, -0.2) is 39.6 Å². The van der Waals surface area contributed by atoms with Gasteiger partial charge in [-0.05, 0) is 45.2 Å². The summed E-state index contributed by atoms with van der Waals surface area (Å²) in [4.78, 5) is 11.8. The maximum atomic E-state index is 5.25. The summed E-state index contributed by atoms with van der Waals surface area (Å²) in [5, 5.41) is 0. The van der Waals surface area contributed by atoms with Crippen LogP contribution in [0.1, 0.15) is 54.9 Å². The first-order chi connectivity index (χ1) is 11.7. The van der Waals surface area contributed by atoms with Gasteiger partial charge in [0.05, 0.1) is 12.8 Å². The molecule has 128 valence electrons. The van der Waals surface area contributed by atoms with E-state index >= 15 is 0 Å². The number of rotatable bonds is 5. The van der Waals surface area contributed by atoms with Crippen molar-refractivity contribution in [3.05, 3.63) is 41.6 Å². The molecule has 0 N–H and O–H groups in total. The molecule has 0 bridgehead atoms. The molecule has 2 aromatic rings. The van der Waals surface area contributed by atoms with Crippen molar-refractivity contribution in [3.63, 3.8) is 0 Å². The Hall–Kier alpha value is -1.88. The number of aromatic nitrogens is 3. The molecule has 1 saturated heterocycles. The van der Waals surface area contributed by atoms with Crippen molar-refractivity contribution in [2.24, 2.45) is 0 Å². The fraction of sp³-hybridized carbons (Fsp3) is 0.579. The average molecular weight is 326 g/mol. The van der Waals surface area contributed by atoms with Crippen LogP contribution in [0.3, 0.4) is 0 Å². The van der Waals surface area contributed by atoms with E-state index in [-0.39, 0.29) is 0 Å². The van der Waals surface area contributed by atoms with Crippen molar-refractivity contribution in [2.75, 3.05) is 20.2 Å². The molecule has 1 saturated carbocycles. The fourth-order valence-corrected chi connectivity index (χ4v) is 3.86. The number of nitrogens with zero attached hydrogens (tertiary/aromatic N) is 4. The van der Waals surface area contributed by atoms with Crippen LogP contribution < -0.4 is 4.74 Å². The average Bonchev–Trinajstić information content (AvgIpc) is 3.37. The van der Waals surface area contributed by atoms with E-state index in [1.807, 2.05) is 12.1 Å². The molecule has 3 heterocycles. The molecule has 2 fully saturated rings. The summed E-state index contributed by atoms with van der Waals surface area (Å²) in [7, 11) is 1.67. The Kier molecular flexibility index (Phi) is 4.27. The Balaban J connectivity index is 1.48. The quantitative estimate of drug-likeness (QED) is 0.845. The van der Waals surface area contributed by atoms with Crippen LogP contribution in [0, 0.1) is 6.92 Å². The molecule has 1 unspecified atom stereocenters. The van der Waals surface area contributed by atoms with Gasteiger partial charge in [-0.3, -0.25) is 4.90 Å². The molecule has 0 radical (unpaired) electrons. The van der Waals surface area contributed by atoms with Crippen molar-refractivity contribution in [2.45, 2.75) is 51.1 Å². The first kappa shape index (κ1) is 15.6. The zero-order valence-corrected chi connectivity index (χ0v) is 14.6. The maximum absolute atomic E-state index is 5.25. The Labute approximate surface area is 143 Å². The topological polar surface area (TPSA) is 43.2 Å². The number of imidazole rings is 1. The van der Waals surface area contributed by atoms with Crippen LogP contribution in [-0.2, 0) is 6.54 Å². The summed E-state index contributed by atoms with van der Waals surface area (Å²) in [6.07, 6.45) is 7.15. The van der Waals surface area contributed by atoms with Crippen LogP contribution in [0.2, 0.25) is 0 Å². The maximum Gasteiger partial charge on any atom is 0.213 e. The minimum Gasteiger partial charge on any atom is -0.481 e.